The van der Waals surface area contributed by atoms with Gasteiger partial charge in [0.2, 0.25) is 23.5 Å². The molecular formula is C26H36ClN5O7. The van der Waals surface area contributed by atoms with Gasteiger partial charge in [-0.2, -0.15) is 0 Å². The van der Waals surface area contributed by atoms with Crippen LogP contribution in [0.25, 0.3) is 0 Å². The highest BCUT2D eigenvalue weighted by atomic mass is 35.5. The molecule has 0 spiro atoms. The van der Waals surface area contributed by atoms with Gasteiger partial charge < -0.3 is 30.7 Å². The molecule has 2 fully saturated rings. The Balaban J connectivity index is 1.83. The van der Waals surface area contributed by atoms with Crippen LogP contribution in [0.2, 0.25) is 5.02 Å². The molecule has 2 heterocycles. The molecule has 13 heteroatoms. The SMILES string of the molecule is CCC[C@H](NC(=O)[C@@H]1C[C@@H](Oc2ccc(Cl)cn2)CN1C(=O)[C@@H](NC(=O)O)C(C)(C)C)C(=O)C(=O)NC1CC1. The lowest BCUT2D eigenvalue weighted by atomic mass is 9.85. The maximum atomic E-state index is 13.7. The van der Waals surface area contributed by atoms with Crippen LogP contribution >= 0.6 is 11.6 Å². The lowest BCUT2D eigenvalue weighted by Gasteiger charge is -2.34. The zero-order valence-corrected chi connectivity index (χ0v) is 23.3. The quantitative estimate of drug-likeness (QED) is 0.295. The molecule has 2 aliphatic rings. The average Bonchev–Trinajstić information content (AvgIpc) is 3.57. The van der Waals surface area contributed by atoms with E-state index in [-0.39, 0.29) is 31.3 Å². The van der Waals surface area contributed by atoms with Crippen LogP contribution in [0.4, 0.5) is 4.79 Å². The van der Waals surface area contributed by atoms with Crippen LogP contribution in [0.3, 0.4) is 0 Å². The van der Waals surface area contributed by atoms with Gasteiger partial charge in [-0.05, 0) is 30.7 Å². The van der Waals surface area contributed by atoms with Crippen molar-refractivity contribution in [2.45, 2.75) is 90.1 Å². The summed E-state index contributed by atoms with van der Waals surface area (Å²) < 4.78 is 5.92. The monoisotopic (exact) mass is 565 g/mol. The first-order valence-corrected chi connectivity index (χ1v) is 13.4. The minimum Gasteiger partial charge on any atom is -0.472 e. The smallest absolute Gasteiger partial charge is 0.405 e. The average molecular weight is 566 g/mol. The molecule has 1 aromatic heterocycles. The predicted molar refractivity (Wildman–Crippen MR) is 141 cm³/mol. The van der Waals surface area contributed by atoms with Crippen molar-refractivity contribution in [1.82, 2.24) is 25.8 Å². The molecule has 12 nitrogen and oxygen atoms in total. The normalized spacial score (nSPS) is 20.5. The number of ketones is 1. The summed E-state index contributed by atoms with van der Waals surface area (Å²) in [6.45, 7) is 6.92. The number of ether oxygens (including phenoxy) is 1. The van der Waals surface area contributed by atoms with Gasteiger partial charge in [-0.3, -0.25) is 19.2 Å². The van der Waals surface area contributed by atoms with Crippen molar-refractivity contribution in [3.05, 3.63) is 23.4 Å². The molecule has 1 aliphatic heterocycles. The number of Topliss-reactive ketones (excluding diaryl/α,β-unsaturated/α-hetero) is 1. The fourth-order valence-electron chi connectivity index (χ4n) is 4.38. The summed E-state index contributed by atoms with van der Waals surface area (Å²) in [5.41, 5.74) is -0.811. The Hall–Kier alpha value is -3.41. The fraction of sp³-hybridized carbons (Fsp3) is 0.615. The highest BCUT2D eigenvalue weighted by Gasteiger charge is 2.46. The van der Waals surface area contributed by atoms with E-state index in [1.165, 1.54) is 11.1 Å². The second kappa shape index (κ2) is 12.6. The lowest BCUT2D eigenvalue weighted by molar-refractivity contribution is -0.144. The van der Waals surface area contributed by atoms with Crippen molar-refractivity contribution < 1.29 is 33.8 Å². The molecular weight excluding hydrogens is 530 g/mol. The molecule has 4 amide bonds. The standard InChI is InChI=1S/C26H36ClN5O7/c1-5-6-17(20(33)23(35)29-15-8-9-15)30-22(34)18-11-16(39-19-10-7-14(27)12-28-19)13-32(18)24(36)21(26(2,3)4)31-25(37)38/h7,10,12,15-18,21,31H,5-6,8-9,11,13H2,1-4H3,(H,29,35)(H,30,34)(H,37,38)/t16-,17+,18+,21-/m1/s1. The molecule has 0 aromatic carbocycles. The van der Waals surface area contributed by atoms with Crippen LogP contribution in [0.15, 0.2) is 18.3 Å². The van der Waals surface area contributed by atoms with Crippen molar-refractivity contribution in [3.8, 4) is 5.88 Å². The molecule has 214 valence electrons. The third-order valence-corrected chi connectivity index (χ3v) is 6.79. The van der Waals surface area contributed by atoms with E-state index in [1.54, 1.807) is 32.9 Å². The fourth-order valence-corrected chi connectivity index (χ4v) is 4.50. The number of rotatable bonds is 11. The number of nitrogens with one attached hydrogen (secondary N) is 3. The highest BCUT2D eigenvalue weighted by Crippen LogP contribution is 2.28. The van der Waals surface area contributed by atoms with E-state index >= 15 is 0 Å². The zero-order valence-electron chi connectivity index (χ0n) is 22.5. The third-order valence-electron chi connectivity index (χ3n) is 6.56. The Labute approximate surface area is 232 Å². The zero-order chi connectivity index (χ0) is 28.9. The van der Waals surface area contributed by atoms with Gasteiger partial charge >= 0.3 is 6.09 Å². The maximum absolute atomic E-state index is 13.7. The molecule has 1 aliphatic carbocycles. The minimum atomic E-state index is -1.38. The summed E-state index contributed by atoms with van der Waals surface area (Å²) in [6.07, 6.45) is 1.83. The Morgan fingerprint density at radius 1 is 1.18 bits per heavy atom. The molecule has 0 radical (unpaired) electrons. The second-order valence-corrected chi connectivity index (χ2v) is 11.4. The van der Waals surface area contributed by atoms with Gasteiger partial charge in [-0.25, -0.2) is 9.78 Å². The summed E-state index contributed by atoms with van der Waals surface area (Å²) in [4.78, 5) is 69.3. The predicted octanol–water partition coefficient (Wildman–Crippen LogP) is 1.90. The number of hydrogen-bond donors (Lipinski definition) is 4. The van der Waals surface area contributed by atoms with Crippen molar-refractivity contribution in [1.29, 1.82) is 0 Å². The first-order chi connectivity index (χ1) is 18.3. The largest absolute Gasteiger partial charge is 0.472 e. The van der Waals surface area contributed by atoms with Crippen LogP contribution < -0.4 is 20.7 Å². The van der Waals surface area contributed by atoms with Crippen LogP contribution in [0.5, 0.6) is 5.88 Å². The summed E-state index contributed by atoms with van der Waals surface area (Å²) in [7, 11) is 0. The van der Waals surface area contributed by atoms with E-state index in [1.807, 2.05) is 6.92 Å². The van der Waals surface area contributed by atoms with Crippen LogP contribution in [0.1, 0.15) is 59.8 Å². The van der Waals surface area contributed by atoms with Gasteiger partial charge in [0, 0.05) is 24.7 Å². The second-order valence-electron chi connectivity index (χ2n) is 11.0. The van der Waals surface area contributed by atoms with E-state index in [0.29, 0.717) is 11.4 Å². The number of nitrogens with zero attached hydrogens (tertiary/aromatic N) is 2. The van der Waals surface area contributed by atoms with Crippen molar-refractivity contribution in [2.24, 2.45) is 5.41 Å². The Morgan fingerprint density at radius 2 is 1.87 bits per heavy atom. The topological polar surface area (TPSA) is 167 Å². The highest BCUT2D eigenvalue weighted by molar-refractivity contribution is 6.38. The van der Waals surface area contributed by atoms with Crippen LogP contribution in [-0.2, 0) is 19.2 Å². The van der Waals surface area contributed by atoms with E-state index in [4.69, 9.17) is 16.3 Å². The van der Waals surface area contributed by atoms with Crippen LogP contribution in [0, 0.1) is 5.41 Å². The summed E-state index contributed by atoms with van der Waals surface area (Å²) in [5.74, 6) is -2.49. The Morgan fingerprint density at radius 3 is 2.41 bits per heavy atom. The first kappa shape index (κ1) is 30.1. The maximum Gasteiger partial charge on any atom is 0.405 e. The number of carboxylic acid groups (broad SMARTS) is 1. The Kier molecular flexibility index (Phi) is 9.76. The van der Waals surface area contributed by atoms with E-state index in [9.17, 15) is 29.1 Å². The summed E-state index contributed by atoms with van der Waals surface area (Å²) >= 11 is 5.90. The van der Waals surface area contributed by atoms with Gasteiger partial charge in [-0.1, -0.05) is 45.7 Å². The van der Waals surface area contributed by atoms with Crippen molar-refractivity contribution in [3.63, 3.8) is 0 Å². The first-order valence-electron chi connectivity index (χ1n) is 13.0. The molecule has 39 heavy (non-hydrogen) atoms. The summed E-state index contributed by atoms with van der Waals surface area (Å²) in [6, 6.07) is -0.166. The van der Waals surface area contributed by atoms with Gasteiger partial charge in [0.1, 0.15) is 18.2 Å². The molecule has 4 atom stereocenters. The van der Waals surface area contributed by atoms with Crippen molar-refractivity contribution >= 4 is 41.2 Å². The molecule has 4 N–H and O–H groups in total. The Bertz CT molecular complexity index is 1090. The number of halogens is 1. The third kappa shape index (κ3) is 8.29. The minimum absolute atomic E-state index is 0.0159. The molecule has 1 saturated carbocycles. The molecule has 0 unspecified atom stereocenters. The lowest BCUT2D eigenvalue weighted by Crippen LogP contribution is -2.59. The number of hydrogen-bond acceptors (Lipinski definition) is 7. The number of aromatic nitrogens is 1. The molecule has 1 saturated heterocycles. The van der Waals surface area contributed by atoms with Crippen LogP contribution in [-0.4, -0.2) is 81.4 Å². The number of amides is 4. The molecule has 0 bridgehead atoms. The van der Waals surface area contributed by atoms with Gasteiger partial charge in [0.15, 0.2) is 0 Å². The van der Waals surface area contributed by atoms with Gasteiger partial charge in [-0.15, -0.1) is 0 Å². The number of carbonyl (C=O) groups excluding carboxylic acids is 4. The van der Waals surface area contributed by atoms with E-state index in [0.717, 1.165) is 12.8 Å². The van der Waals surface area contributed by atoms with E-state index in [2.05, 4.69) is 20.9 Å². The molecule has 1 aromatic rings. The van der Waals surface area contributed by atoms with E-state index < -0.39 is 59.2 Å². The van der Waals surface area contributed by atoms with Crippen molar-refractivity contribution in [2.75, 3.05) is 6.54 Å². The summed E-state index contributed by atoms with van der Waals surface area (Å²) in [5, 5.41) is 17.3. The number of carbonyl (C=O) groups is 5. The molecule has 3 rings (SSSR count). The van der Waals surface area contributed by atoms with Gasteiger partial charge in [0.05, 0.1) is 17.6 Å². The number of pyridine rings is 1. The number of likely N-dealkylation sites (tertiary alicyclic amines) is 1. The van der Waals surface area contributed by atoms with Gasteiger partial charge in [0.25, 0.3) is 5.91 Å².